The molecule has 0 radical (unpaired) electrons. The van der Waals surface area contributed by atoms with E-state index < -0.39 is 0 Å². The van der Waals surface area contributed by atoms with Gasteiger partial charge in [0, 0.05) is 11.6 Å². The number of nitrogens with one attached hydrogen (secondary N) is 2. The number of benzene rings is 2. The second kappa shape index (κ2) is 6.77. The monoisotopic (exact) mass is 373 g/mol. The van der Waals surface area contributed by atoms with Crippen LogP contribution in [0, 0.1) is 20.8 Å². The highest BCUT2D eigenvalue weighted by Gasteiger charge is 2.15. The van der Waals surface area contributed by atoms with E-state index in [2.05, 4.69) is 20.4 Å². The number of carbonyl (C=O) groups is 1. The lowest BCUT2D eigenvalue weighted by molar-refractivity contribution is 0.102. The third-order valence-electron chi connectivity index (χ3n) is 4.40. The topological polar surface area (TPSA) is 92.7 Å². The van der Waals surface area contributed by atoms with Gasteiger partial charge < -0.3 is 5.32 Å². The number of amides is 1. The predicted molar refractivity (Wildman–Crippen MR) is 108 cm³/mol. The first-order chi connectivity index (χ1) is 13.4. The van der Waals surface area contributed by atoms with Crippen LogP contribution in [-0.2, 0) is 0 Å². The summed E-state index contributed by atoms with van der Waals surface area (Å²) in [5.74, 6) is 0.413. The van der Waals surface area contributed by atoms with Gasteiger partial charge in [-0.2, -0.15) is 9.78 Å². The summed E-state index contributed by atoms with van der Waals surface area (Å²) < 4.78 is 1.43. The highest BCUT2D eigenvalue weighted by Crippen LogP contribution is 2.17. The number of aromatic nitrogens is 4. The minimum Gasteiger partial charge on any atom is -0.306 e. The van der Waals surface area contributed by atoms with Gasteiger partial charge in [0.25, 0.3) is 11.5 Å². The number of aromatic amines is 1. The molecular formula is C21H19N5O2. The number of carbonyl (C=O) groups excluding carboxylic acids is 1. The Morgan fingerprint density at radius 2 is 1.82 bits per heavy atom. The Balaban J connectivity index is 1.76. The number of H-pyrrole nitrogens is 1. The van der Waals surface area contributed by atoms with Gasteiger partial charge >= 0.3 is 0 Å². The van der Waals surface area contributed by atoms with Crippen LogP contribution in [0.1, 0.15) is 27.2 Å². The van der Waals surface area contributed by atoms with Gasteiger partial charge in [-0.05, 0) is 45.0 Å². The summed E-state index contributed by atoms with van der Waals surface area (Å²) in [7, 11) is 0. The maximum Gasteiger partial charge on any atom is 0.260 e. The lowest BCUT2D eigenvalue weighted by atomic mass is 10.1. The molecule has 2 N–H and O–H groups in total. The second-order valence-electron chi connectivity index (χ2n) is 6.82. The maximum atomic E-state index is 12.6. The van der Waals surface area contributed by atoms with Crippen LogP contribution < -0.4 is 10.9 Å². The fraction of sp³-hybridized carbons (Fsp3) is 0.143. The molecule has 0 saturated heterocycles. The first kappa shape index (κ1) is 17.7. The van der Waals surface area contributed by atoms with E-state index in [1.54, 1.807) is 37.3 Å². The maximum absolute atomic E-state index is 12.6. The van der Waals surface area contributed by atoms with Crippen LogP contribution in [-0.4, -0.2) is 25.7 Å². The average Bonchev–Trinajstić information content (AvgIpc) is 3.02. The van der Waals surface area contributed by atoms with E-state index in [0.29, 0.717) is 28.0 Å². The Morgan fingerprint density at radius 1 is 1.04 bits per heavy atom. The molecule has 0 unspecified atom stereocenters. The number of aryl methyl sites for hydroxylation is 3. The van der Waals surface area contributed by atoms with Crippen LogP contribution >= 0.6 is 0 Å². The Bertz CT molecular complexity index is 1270. The van der Waals surface area contributed by atoms with Crippen molar-refractivity contribution in [3.8, 4) is 5.95 Å². The van der Waals surface area contributed by atoms with E-state index in [-0.39, 0.29) is 17.4 Å². The van der Waals surface area contributed by atoms with Gasteiger partial charge in [0.1, 0.15) is 5.82 Å². The molecule has 2 heterocycles. The van der Waals surface area contributed by atoms with E-state index in [0.717, 1.165) is 11.1 Å². The van der Waals surface area contributed by atoms with Gasteiger partial charge in [0.2, 0.25) is 5.95 Å². The summed E-state index contributed by atoms with van der Waals surface area (Å²) in [6.45, 7) is 5.65. The number of hydrogen-bond donors (Lipinski definition) is 2. The molecule has 140 valence electrons. The highest BCUT2D eigenvalue weighted by atomic mass is 16.1. The van der Waals surface area contributed by atoms with Crippen molar-refractivity contribution in [1.29, 1.82) is 0 Å². The molecule has 28 heavy (non-hydrogen) atoms. The normalized spacial score (nSPS) is 11.0. The molecule has 4 rings (SSSR count). The fourth-order valence-electron chi connectivity index (χ4n) is 3.07. The van der Waals surface area contributed by atoms with Gasteiger partial charge in [-0.3, -0.25) is 14.6 Å². The summed E-state index contributed by atoms with van der Waals surface area (Å²) in [6.07, 6.45) is 0. The van der Waals surface area contributed by atoms with Gasteiger partial charge in [-0.25, -0.2) is 4.98 Å². The van der Waals surface area contributed by atoms with Crippen LogP contribution in [0.25, 0.3) is 16.9 Å². The highest BCUT2D eigenvalue weighted by molar-refractivity contribution is 6.04. The number of nitrogens with zero attached hydrogens (tertiary/aromatic N) is 3. The lowest BCUT2D eigenvalue weighted by Crippen LogP contribution is -2.19. The Morgan fingerprint density at radius 3 is 2.61 bits per heavy atom. The largest absolute Gasteiger partial charge is 0.306 e. The summed E-state index contributed by atoms with van der Waals surface area (Å²) in [5, 5.41) is 7.74. The van der Waals surface area contributed by atoms with Gasteiger partial charge in [0.05, 0.1) is 16.6 Å². The van der Waals surface area contributed by atoms with E-state index >= 15 is 0 Å². The van der Waals surface area contributed by atoms with Crippen LogP contribution in [0.3, 0.4) is 0 Å². The standard InChI is InChI=1S/C21H19N5O2/c1-12-5-4-6-15(9-12)19(27)23-18-11-14(3)25-26(18)21-22-17-8-7-13(2)10-16(17)20(28)24-21/h4-11H,1-3H3,(H,23,27)(H,22,24,28). The first-order valence-corrected chi connectivity index (χ1v) is 8.86. The molecule has 0 aliphatic carbocycles. The average molecular weight is 373 g/mol. The van der Waals surface area contributed by atoms with E-state index in [1.807, 2.05) is 32.0 Å². The predicted octanol–water partition coefficient (Wildman–Crippen LogP) is 3.29. The van der Waals surface area contributed by atoms with E-state index in [9.17, 15) is 9.59 Å². The van der Waals surface area contributed by atoms with Crippen LogP contribution in [0.2, 0.25) is 0 Å². The lowest BCUT2D eigenvalue weighted by Gasteiger charge is -2.09. The number of rotatable bonds is 3. The van der Waals surface area contributed by atoms with Crippen molar-refractivity contribution < 1.29 is 4.79 Å². The van der Waals surface area contributed by atoms with Crippen LogP contribution in [0.5, 0.6) is 0 Å². The molecule has 7 heteroatoms. The van der Waals surface area contributed by atoms with Gasteiger partial charge in [-0.15, -0.1) is 0 Å². The Kier molecular flexibility index (Phi) is 4.27. The smallest absolute Gasteiger partial charge is 0.260 e. The minimum absolute atomic E-state index is 0.244. The molecule has 2 aromatic carbocycles. The summed E-state index contributed by atoms with van der Waals surface area (Å²) in [5.41, 5.74) is 3.51. The Hall–Kier alpha value is -3.74. The van der Waals surface area contributed by atoms with E-state index in [1.165, 1.54) is 4.68 Å². The fourth-order valence-corrected chi connectivity index (χ4v) is 3.07. The molecule has 0 aliphatic rings. The number of fused-ring (bicyclic) bond motifs is 1. The molecule has 0 saturated carbocycles. The van der Waals surface area contributed by atoms with E-state index in [4.69, 9.17) is 0 Å². The third kappa shape index (κ3) is 3.29. The molecular weight excluding hydrogens is 354 g/mol. The van der Waals surface area contributed by atoms with Crippen LogP contribution in [0.4, 0.5) is 5.82 Å². The zero-order chi connectivity index (χ0) is 19.8. The second-order valence-corrected chi connectivity index (χ2v) is 6.82. The molecule has 0 spiro atoms. The van der Waals surface area contributed by atoms with Crippen molar-refractivity contribution in [1.82, 2.24) is 19.7 Å². The number of anilines is 1. The molecule has 4 aromatic rings. The van der Waals surface area contributed by atoms with Crippen molar-refractivity contribution in [3.63, 3.8) is 0 Å². The zero-order valence-corrected chi connectivity index (χ0v) is 15.8. The van der Waals surface area contributed by atoms with Crippen LogP contribution in [0.15, 0.2) is 53.3 Å². The summed E-state index contributed by atoms with van der Waals surface area (Å²) in [4.78, 5) is 32.4. The van der Waals surface area contributed by atoms with Crippen molar-refractivity contribution in [2.24, 2.45) is 0 Å². The first-order valence-electron chi connectivity index (χ1n) is 8.86. The molecule has 1 amide bonds. The zero-order valence-electron chi connectivity index (χ0n) is 15.8. The molecule has 7 nitrogen and oxygen atoms in total. The third-order valence-corrected chi connectivity index (χ3v) is 4.40. The van der Waals surface area contributed by atoms with Crippen molar-refractivity contribution >= 4 is 22.6 Å². The van der Waals surface area contributed by atoms with Crippen molar-refractivity contribution in [2.45, 2.75) is 20.8 Å². The molecule has 0 aliphatic heterocycles. The minimum atomic E-state index is -0.261. The Labute approximate surface area is 161 Å². The molecule has 0 atom stereocenters. The van der Waals surface area contributed by atoms with Gasteiger partial charge in [0.15, 0.2) is 0 Å². The van der Waals surface area contributed by atoms with Crippen molar-refractivity contribution in [2.75, 3.05) is 5.32 Å². The van der Waals surface area contributed by atoms with Crippen molar-refractivity contribution in [3.05, 3.63) is 81.3 Å². The SMILES string of the molecule is Cc1cccc(C(=O)Nc2cc(C)nn2-c2nc3ccc(C)cc3c(=O)[nH]2)c1. The summed E-state index contributed by atoms with van der Waals surface area (Å²) >= 11 is 0. The summed E-state index contributed by atoms with van der Waals surface area (Å²) in [6, 6.07) is 14.5. The quantitative estimate of drug-likeness (QED) is 0.576. The van der Waals surface area contributed by atoms with Gasteiger partial charge in [-0.1, -0.05) is 29.3 Å². The molecule has 0 fully saturated rings. The molecule has 2 aromatic heterocycles. The molecule has 0 bridgehead atoms. The number of hydrogen-bond acceptors (Lipinski definition) is 4.